The molecule has 0 unspecified atom stereocenters. The molecule has 0 amide bonds. The first kappa shape index (κ1) is 23.3. The summed E-state index contributed by atoms with van der Waals surface area (Å²) in [5.41, 5.74) is 0.916. The Morgan fingerprint density at radius 3 is 2.29 bits per heavy atom. The molecule has 2 atom stereocenters. The standard InChI is InChI=1S/C22H27NO6SSi/c1-17-10-12-18(13-11-17)30(26,27)23(14-21(25)28-2)16-22(20(15-24)29-22)31(3,4)19-8-6-5-7-9-19/h5-13,15,20H,14,16H2,1-4H3/t20-,22-/m0/s1. The van der Waals surface area contributed by atoms with Crippen molar-refractivity contribution in [3.63, 3.8) is 0 Å². The minimum absolute atomic E-state index is 0.0691. The van der Waals surface area contributed by atoms with Crippen LogP contribution >= 0.6 is 0 Å². The third-order valence-corrected chi connectivity index (χ3v) is 12.3. The normalized spacial score (nSPS) is 21.0. The van der Waals surface area contributed by atoms with Gasteiger partial charge in [0.1, 0.15) is 25.9 Å². The third-order valence-electron chi connectivity index (χ3n) is 6.02. The van der Waals surface area contributed by atoms with Crippen LogP contribution in [0.2, 0.25) is 13.1 Å². The van der Waals surface area contributed by atoms with Crippen molar-refractivity contribution >= 4 is 35.5 Å². The first-order chi connectivity index (χ1) is 14.6. The number of carbonyl (C=O) groups is 2. The molecule has 1 aliphatic rings. The average molecular weight is 462 g/mol. The number of epoxide rings is 1. The lowest BCUT2D eigenvalue weighted by molar-refractivity contribution is -0.140. The first-order valence-electron chi connectivity index (χ1n) is 9.91. The first-order valence-corrected chi connectivity index (χ1v) is 14.3. The third kappa shape index (κ3) is 4.36. The fourth-order valence-electron chi connectivity index (χ4n) is 3.81. The number of carbonyl (C=O) groups excluding carboxylic acids is 2. The van der Waals surface area contributed by atoms with Crippen molar-refractivity contribution in [2.45, 2.75) is 36.2 Å². The van der Waals surface area contributed by atoms with E-state index in [2.05, 4.69) is 0 Å². The molecule has 0 bridgehead atoms. The summed E-state index contributed by atoms with van der Waals surface area (Å²) in [6.45, 7) is 5.36. The van der Waals surface area contributed by atoms with Crippen molar-refractivity contribution in [1.82, 2.24) is 4.31 Å². The highest BCUT2D eigenvalue weighted by Gasteiger charge is 2.68. The Hall–Kier alpha value is -2.33. The monoisotopic (exact) mass is 461 g/mol. The highest BCUT2D eigenvalue weighted by Crippen LogP contribution is 2.44. The van der Waals surface area contributed by atoms with Gasteiger partial charge in [-0.25, -0.2) is 8.42 Å². The van der Waals surface area contributed by atoms with E-state index in [1.165, 1.54) is 19.2 Å². The van der Waals surface area contributed by atoms with Crippen molar-refractivity contribution in [2.75, 3.05) is 20.2 Å². The fourth-order valence-corrected chi connectivity index (χ4v) is 8.64. The lowest BCUT2D eigenvalue weighted by Gasteiger charge is -2.34. The van der Waals surface area contributed by atoms with Gasteiger partial charge in [-0.2, -0.15) is 4.31 Å². The summed E-state index contributed by atoms with van der Waals surface area (Å²) in [7, 11) is -5.33. The van der Waals surface area contributed by atoms with Gasteiger partial charge in [0.2, 0.25) is 10.0 Å². The Morgan fingerprint density at radius 2 is 1.77 bits per heavy atom. The van der Waals surface area contributed by atoms with E-state index in [-0.39, 0.29) is 11.4 Å². The molecule has 1 aliphatic heterocycles. The Bertz CT molecular complexity index is 1060. The number of methoxy groups -OCH3 is 1. The molecule has 31 heavy (non-hydrogen) atoms. The van der Waals surface area contributed by atoms with Gasteiger partial charge in [-0.3, -0.25) is 4.79 Å². The number of ether oxygens (including phenoxy) is 2. The summed E-state index contributed by atoms with van der Waals surface area (Å²) < 4.78 is 38.6. The molecular formula is C22H27NO6SSi. The van der Waals surface area contributed by atoms with Crippen LogP contribution in [-0.4, -0.2) is 64.6 Å². The second-order valence-corrected chi connectivity index (χ2v) is 14.8. The second-order valence-electron chi connectivity index (χ2n) is 8.22. The summed E-state index contributed by atoms with van der Waals surface area (Å²) in [5.74, 6) is -0.687. The van der Waals surface area contributed by atoms with Gasteiger partial charge in [0.05, 0.1) is 12.0 Å². The maximum Gasteiger partial charge on any atom is 0.321 e. The van der Waals surface area contributed by atoms with Gasteiger partial charge >= 0.3 is 5.97 Å². The molecule has 7 nitrogen and oxygen atoms in total. The molecule has 2 aromatic carbocycles. The zero-order valence-electron chi connectivity index (χ0n) is 18.1. The van der Waals surface area contributed by atoms with Crippen LogP contribution in [-0.2, 0) is 29.1 Å². The zero-order valence-corrected chi connectivity index (χ0v) is 19.9. The van der Waals surface area contributed by atoms with Crippen molar-refractivity contribution in [1.29, 1.82) is 0 Å². The zero-order chi connectivity index (χ0) is 22.9. The Balaban J connectivity index is 2.04. The molecule has 2 aromatic rings. The van der Waals surface area contributed by atoms with Crippen molar-refractivity contribution in [3.05, 3.63) is 60.2 Å². The van der Waals surface area contributed by atoms with E-state index in [9.17, 15) is 18.0 Å². The summed E-state index contributed by atoms with van der Waals surface area (Å²) in [5, 5.41) is 0.0483. The quantitative estimate of drug-likeness (QED) is 0.244. The van der Waals surface area contributed by atoms with Crippen LogP contribution in [0, 0.1) is 6.92 Å². The van der Waals surface area contributed by atoms with Gasteiger partial charge in [0.25, 0.3) is 0 Å². The number of rotatable bonds is 9. The van der Waals surface area contributed by atoms with Crippen LogP contribution < -0.4 is 5.19 Å². The number of benzene rings is 2. The number of aryl methyl sites for hydroxylation is 1. The summed E-state index contributed by atoms with van der Waals surface area (Å²) in [6.07, 6.45) is -0.0188. The van der Waals surface area contributed by atoms with Crippen molar-refractivity contribution < 1.29 is 27.5 Å². The topological polar surface area (TPSA) is 93.3 Å². The van der Waals surface area contributed by atoms with Gasteiger partial charge < -0.3 is 14.3 Å². The van der Waals surface area contributed by atoms with E-state index in [0.29, 0.717) is 6.29 Å². The van der Waals surface area contributed by atoms with Crippen LogP contribution in [0.15, 0.2) is 59.5 Å². The van der Waals surface area contributed by atoms with E-state index in [0.717, 1.165) is 15.1 Å². The molecule has 3 rings (SSSR count). The van der Waals surface area contributed by atoms with Gasteiger partial charge in [-0.05, 0) is 19.1 Å². The van der Waals surface area contributed by atoms with Crippen molar-refractivity contribution in [2.24, 2.45) is 0 Å². The minimum Gasteiger partial charge on any atom is -0.468 e. The van der Waals surface area contributed by atoms with Gasteiger partial charge in [-0.1, -0.05) is 66.3 Å². The molecule has 166 valence electrons. The highest BCUT2D eigenvalue weighted by molar-refractivity contribution is 7.89. The molecule has 1 heterocycles. The summed E-state index contributed by atoms with van der Waals surface area (Å²) >= 11 is 0. The number of sulfonamides is 1. The lowest BCUT2D eigenvalue weighted by Crippen LogP contribution is -2.62. The van der Waals surface area contributed by atoms with Gasteiger partial charge in [-0.15, -0.1) is 0 Å². The van der Waals surface area contributed by atoms with E-state index < -0.39 is 41.9 Å². The number of aldehydes is 1. The molecular weight excluding hydrogens is 434 g/mol. The SMILES string of the molecule is COC(=O)CN(C[C@@]1([Si](C)(C)c2ccccc2)O[C@H]1C=O)S(=O)(=O)c1ccc(C)cc1. The van der Waals surface area contributed by atoms with Crippen LogP contribution in [0.4, 0.5) is 0 Å². The number of nitrogens with zero attached hydrogens (tertiary/aromatic N) is 1. The minimum atomic E-state index is -4.03. The van der Waals surface area contributed by atoms with Gasteiger partial charge in [0.15, 0.2) is 6.29 Å². The molecule has 1 fully saturated rings. The molecule has 0 aromatic heterocycles. The molecule has 0 radical (unpaired) electrons. The van der Waals surface area contributed by atoms with Crippen LogP contribution in [0.5, 0.6) is 0 Å². The highest BCUT2D eigenvalue weighted by atomic mass is 32.2. The molecule has 9 heteroatoms. The molecule has 1 saturated heterocycles. The average Bonchev–Trinajstić information content (AvgIpc) is 3.49. The smallest absolute Gasteiger partial charge is 0.321 e. The summed E-state index contributed by atoms with van der Waals surface area (Å²) in [6, 6.07) is 16.1. The summed E-state index contributed by atoms with van der Waals surface area (Å²) in [4.78, 5) is 23.9. The fraction of sp³-hybridized carbons (Fsp3) is 0.364. The van der Waals surface area contributed by atoms with E-state index in [4.69, 9.17) is 9.47 Å². The Morgan fingerprint density at radius 1 is 1.16 bits per heavy atom. The second kappa shape index (κ2) is 8.66. The number of hydrogen-bond acceptors (Lipinski definition) is 6. The van der Waals surface area contributed by atoms with Crippen molar-refractivity contribution in [3.8, 4) is 0 Å². The van der Waals surface area contributed by atoms with Gasteiger partial charge in [0, 0.05) is 6.54 Å². The largest absolute Gasteiger partial charge is 0.468 e. The molecule has 0 N–H and O–H groups in total. The van der Waals surface area contributed by atoms with Crippen LogP contribution in [0.3, 0.4) is 0 Å². The predicted molar refractivity (Wildman–Crippen MR) is 119 cm³/mol. The number of esters is 1. The maximum atomic E-state index is 13.4. The molecule has 0 saturated carbocycles. The number of hydrogen-bond donors (Lipinski definition) is 0. The Kier molecular flexibility index (Phi) is 6.52. The van der Waals surface area contributed by atoms with E-state index in [1.807, 2.05) is 50.3 Å². The van der Waals surface area contributed by atoms with Crippen LogP contribution in [0.1, 0.15) is 5.56 Å². The van der Waals surface area contributed by atoms with E-state index in [1.54, 1.807) is 12.1 Å². The molecule has 0 aliphatic carbocycles. The maximum absolute atomic E-state index is 13.4. The predicted octanol–water partition coefficient (Wildman–Crippen LogP) is 1.65. The Labute approximate surface area is 184 Å². The van der Waals surface area contributed by atoms with E-state index >= 15 is 0 Å². The van der Waals surface area contributed by atoms with Crippen LogP contribution in [0.25, 0.3) is 0 Å². The molecule has 0 spiro atoms. The lowest BCUT2D eigenvalue weighted by atomic mass is 10.2.